The van der Waals surface area contributed by atoms with Crippen molar-refractivity contribution in [1.82, 2.24) is 0 Å². The Bertz CT molecular complexity index is 455. The molecule has 0 heterocycles. The van der Waals surface area contributed by atoms with Crippen LogP contribution in [-0.2, 0) is 0 Å². The van der Waals surface area contributed by atoms with Gasteiger partial charge in [0.2, 0.25) is 0 Å². The lowest BCUT2D eigenvalue weighted by molar-refractivity contribution is -0.383. The van der Waals surface area contributed by atoms with Crippen LogP contribution in [0.25, 0.3) is 0 Å². The summed E-state index contributed by atoms with van der Waals surface area (Å²) in [5.74, 6) is 0. The first kappa shape index (κ1) is 15.2. The summed E-state index contributed by atoms with van der Waals surface area (Å²) in [7, 11) is 0. The number of nitro groups is 1. The second kappa shape index (κ2) is 5.88. The van der Waals surface area contributed by atoms with Gasteiger partial charge >= 0.3 is 5.69 Å². The molecule has 0 aliphatic heterocycles. The smallest absolute Gasteiger partial charge is 0.314 e. The number of para-hydroxylation sites is 1. The van der Waals surface area contributed by atoms with Crippen LogP contribution in [0.5, 0.6) is 0 Å². The Hall–Kier alpha value is -1.82. The zero-order valence-corrected chi connectivity index (χ0v) is 11.5. The Kier molecular flexibility index (Phi) is 4.72. The van der Waals surface area contributed by atoms with Crippen LogP contribution in [-0.4, -0.2) is 22.7 Å². The van der Waals surface area contributed by atoms with E-state index in [1.165, 1.54) is 6.07 Å². The number of anilines is 2. The number of aliphatic hydroxyl groups is 1. The normalized spacial score (nSPS) is 13.1. The summed E-state index contributed by atoms with van der Waals surface area (Å²) in [6.07, 6.45) is 0.509. The quantitative estimate of drug-likeness (QED) is 0.432. The summed E-state index contributed by atoms with van der Waals surface area (Å²) in [4.78, 5) is 10.6. The van der Waals surface area contributed by atoms with E-state index in [0.717, 1.165) is 0 Å². The fourth-order valence-corrected chi connectivity index (χ4v) is 1.92. The van der Waals surface area contributed by atoms with Gasteiger partial charge in [-0.2, -0.15) is 0 Å². The topological polar surface area (TPSA) is 101 Å². The summed E-state index contributed by atoms with van der Waals surface area (Å²) >= 11 is 0. The van der Waals surface area contributed by atoms with Crippen LogP contribution >= 0.6 is 0 Å². The molecule has 0 fully saturated rings. The Morgan fingerprint density at radius 3 is 2.58 bits per heavy atom. The number of hydrogen-bond donors (Lipinski definition) is 3. The van der Waals surface area contributed by atoms with E-state index in [1.54, 1.807) is 12.1 Å². The Balaban J connectivity index is 3.10. The van der Waals surface area contributed by atoms with Crippen molar-refractivity contribution in [1.29, 1.82) is 0 Å². The van der Waals surface area contributed by atoms with Gasteiger partial charge in [0.15, 0.2) is 0 Å². The third-order valence-corrected chi connectivity index (χ3v) is 3.04. The monoisotopic (exact) mass is 267 g/mol. The van der Waals surface area contributed by atoms with Gasteiger partial charge in [-0.15, -0.1) is 0 Å². The molecule has 0 aliphatic rings. The molecule has 19 heavy (non-hydrogen) atoms. The molecule has 0 amide bonds. The van der Waals surface area contributed by atoms with Crippen LogP contribution in [0.2, 0.25) is 0 Å². The van der Waals surface area contributed by atoms with Gasteiger partial charge in [0.05, 0.1) is 4.92 Å². The summed E-state index contributed by atoms with van der Waals surface area (Å²) in [6, 6.07) is 4.72. The number of hydrogen-bond acceptors (Lipinski definition) is 5. The minimum Gasteiger partial charge on any atom is -0.396 e. The van der Waals surface area contributed by atoms with Crippen molar-refractivity contribution in [2.24, 2.45) is 5.41 Å². The van der Waals surface area contributed by atoms with Crippen molar-refractivity contribution in [2.45, 2.75) is 33.2 Å². The van der Waals surface area contributed by atoms with Crippen LogP contribution in [0.15, 0.2) is 18.2 Å². The molecule has 0 bridgehead atoms. The van der Waals surface area contributed by atoms with Crippen molar-refractivity contribution < 1.29 is 10.0 Å². The number of aliphatic hydroxyl groups excluding tert-OH is 1. The SMILES string of the molecule is CC(C)(C)C(CCO)Nc1cccc(N)c1[N+](=O)[O-]. The summed E-state index contributed by atoms with van der Waals surface area (Å²) in [5.41, 5.74) is 5.91. The molecule has 1 atom stereocenters. The second-order valence-corrected chi connectivity index (χ2v) is 5.58. The van der Waals surface area contributed by atoms with Gasteiger partial charge in [-0.3, -0.25) is 10.1 Å². The molecule has 0 radical (unpaired) electrons. The van der Waals surface area contributed by atoms with Crippen molar-refractivity contribution in [3.8, 4) is 0 Å². The molecule has 0 aliphatic carbocycles. The molecule has 1 aromatic carbocycles. The third kappa shape index (κ3) is 3.82. The van der Waals surface area contributed by atoms with Gasteiger partial charge in [-0.25, -0.2) is 0 Å². The van der Waals surface area contributed by atoms with Crippen molar-refractivity contribution in [3.05, 3.63) is 28.3 Å². The van der Waals surface area contributed by atoms with Crippen LogP contribution in [0.1, 0.15) is 27.2 Å². The number of benzene rings is 1. The Morgan fingerprint density at radius 2 is 2.11 bits per heavy atom. The van der Waals surface area contributed by atoms with Gasteiger partial charge in [0, 0.05) is 12.6 Å². The molecule has 6 nitrogen and oxygen atoms in total. The molecular formula is C13H21N3O3. The number of nitrogens with two attached hydrogens (primary N) is 1. The molecule has 1 rings (SSSR count). The number of nitrogens with zero attached hydrogens (tertiary/aromatic N) is 1. The molecule has 6 heteroatoms. The first-order valence-corrected chi connectivity index (χ1v) is 6.17. The molecule has 0 spiro atoms. The number of nitro benzene ring substituents is 1. The maximum Gasteiger partial charge on any atom is 0.314 e. The zero-order chi connectivity index (χ0) is 14.6. The average Bonchev–Trinajstić information content (AvgIpc) is 2.26. The van der Waals surface area contributed by atoms with Gasteiger partial charge in [-0.05, 0) is 24.0 Å². The summed E-state index contributed by atoms with van der Waals surface area (Å²) < 4.78 is 0. The van der Waals surface area contributed by atoms with E-state index in [-0.39, 0.29) is 29.4 Å². The van der Waals surface area contributed by atoms with Crippen LogP contribution in [0.3, 0.4) is 0 Å². The molecule has 1 aromatic rings. The largest absolute Gasteiger partial charge is 0.396 e. The van der Waals surface area contributed by atoms with E-state index in [9.17, 15) is 10.1 Å². The minimum atomic E-state index is -0.490. The minimum absolute atomic E-state index is 0.0189. The van der Waals surface area contributed by atoms with E-state index in [4.69, 9.17) is 10.8 Å². The van der Waals surface area contributed by atoms with E-state index in [2.05, 4.69) is 5.32 Å². The first-order valence-electron chi connectivity index (χ1n) is 6.17. The first-order chi connectivity index (χ1) is 8.77. The molecule has 1 unspecified atom stereocenters. The fraction of sp³-hybridized carbons (Fsp3) is 0.538. The van der Waals surface area contributed by atoms with E-state index < -0.39 is 4.92 Å². The van der Waals surface area contributed by atoms with Gasteiger partial charge in [-0.1, -0.05) is 26.8 Å². The standard InChI is InChI=1S/C13H21N3O3/c1-13(2,3)11(7-8-17)15-10-6-4-5-9(14)12(10)16(18)19/h4-6,11,15,17H,7-8,14H2,1-3H3. The molecule has 0 saturated carbocycles. The molecule has 0 aromatic heterocycles. The van der Waals surface area contributed by atoms with Crippen molar-refractivity contribution >= 4 is 17.1 Å². The Morgan fingerprint density at radius 1 is 1.47 bits per heavy atom. The number of rotatable bonds is 5. The van der Waals surface area contributed by atoms with Crippen LogP contribution < -0.4 is 11.1 Å². The Labute approximate surface area is 112 Å². The number of nitrogens with one attached hydrogen (secondary N) is 1. The molecule has 106 valence electrons. The summed E-state index contributed by atoms with van der Waals surface area (Å²) in [6.45, 7) is 6.06. The third-order valence-electron chi connectivity index (χ3n) is 3.04. The highest BCUT2D eigenvalue weighted by molar-refractivity contribution is 5.74. The maximum atomic E-state index is 11.1. The predicted octanol–water partition coefficient (Wildman–Crippen LogP) is 2.39. The second-order valence-electron chi connectivity index (χ2n) is 5.58. The average molecular weight is 267 g/mol. The van der Waals surface area contributed by atoms with Crippen molar-refractivity contribution in [2.75, 3.05) is 17.7 Å². The van der Waals surface area contributed by atoms with E-state index in [0.29, 0.717) is 12.1 Å². The molecule has 0 saturated heterocycles. The van der Waals surface area contributed by atoms with Gasteiger partial charge < -0.3 is 16.2 Å². The highest BCUT2D eigenvalue weighted by Crippen LogP contribution is 2.34. The lowest BCUT2D eigenvalue weighted by Gasteiger charge is -2.31. The lowest BCUT2D eigenvalue weighted by Crippen LogP contribution is -2.35. The van der Waals surface area contributed by atoms with E-state index in [1.807, 2.05) is 20.8 Å². The van der Waals surface area contributed by atoms with Crippen LogP contribution in [0, 0.1) is 15.5 Å². The molecule has 4 N–H and O–H groups in total. The summed E-state index contributed by atoms with van der Waals surface area (Å²) in [5, 5.41) is 23.3. The molecular weight excluding hydrogens is 246 g/mol. The zero-order valence-electron chi connectivity index (χ0n) is 11.5. The predicted molar refractivity (Wildman–Crippen MR) is 76.1 cm³/mol. The van der Waals surface area contributed by atoms with E-state index >= 15 is 0 Å². The van der Waals surface area contributed by atoms with Gasteiger partial charge in [0.25, 0.3) is 0 Å². The van der Waals surface area contributed by atoms with Crippen molar-refractivity contribution in [3.63, 3.8) is 0 Å². The van der Waals surface area contributed by atoms with Gasteiger partial charge in [0.1, 0.15) is 11.4 Å². The maximum absolute atomic E-state index is 11.1. The van der Waals surface area contributed by atoms with Crippen LogP contribution in [0.4, 0.5) is 17.1 Å². The highest BCUT2D eigenvalue weighted by Gasteiger charge is 2.27. The fourth-order valence-electron chi connectivity index (χ4n) is 1.92. The lowest BCUT2D eigenvalue weighted by atomic mass is 9.84. The number of nitrogen functional groups attached to an aromatic ring is 1. The highest BCUT2D eigenvalue weighted by atomic mass is 16.6.